The lowest BCUT2D eigenvalue weighted by molar-refractivity contribution is 0.265. The summed E-state index contributed by atoms with van der Waals surface area (Å²) in [5, 5.41) is 13.8. The predicted molar refractivity (Wildman–Crippen MR) is 117 cm³/mol. The summed E-state index contributed by atoms with van der Waals surface area (Å²) in [7, 11) is 3.10. The second kappa shape index (κ2) is 8.68. The number of nitrogens with one attached hydrogen (secondary N) is 1. The van der Waals surface area contributed by atoms with E-state index in [0.717, 1.165) is 18.5 Å². The van der Waals surface area contributed by atoms with Gasteiger partial charge in [0.25, 0.3) is 0 Å². The molecule has 1 aliphatic rings. The first-order valence-corrected chi connectivity index (χ1v) is 10.3. The third kappa shape index (κ3) is 3.55. The van der Waals surface area contributed by atoms with Gasteiger partial charge in [0.2, 0.25) is 0 Å². The SMILES string of the molecule is COc1cc(OC)c2c(=O)cc(-c3ccccc3Cl)oc2c1C1CCNC1CCO. The van der Waals surface area contributed by atoms with Gasteiger partial charge in [-0.1, -0.05) is 23.7 Å². The number of ether oxygens (including phenoxy) is 2. The maximum absolute atomic E-state index is 13.2. The lowest BCUT2D eigenvalue weighted by Crippen LogP contribution is -2.27. The average Bonchev–Trinajstić information content (AvgIpc) is 3.20. The summed E-state index contributed by atoms with van der Waals surface area (Å²) in [4.78, 5) is 13.2. The van der Waals surface area contributed by atoms with Gasteiger partial charge in [-0.2, -0.15) is 0 Å². The Morgan fingerprint density at radius 3 is 2.67 bits per heavy atom. The van der Waals surface area contributed by atoms with E-state index in [2.05, 4.69) is 5.32 Å². The van der Waals surface area contributed by atoms with Crippen LogP contribution < -0.4 is 20.2 Å². The third-order valence-corrected chi connectivity index (χ3v) is 6.03. The van der Waals surface area contributed by atoms with Crippen LogP contribution in [0.2, 0.25) is 5.02 Å². The zero-order valence-electron chi connectivity index (χ0n) is 16.9. The number of benzene rings is 2. The number of rotatable bonds is 6. The molecular weight excluding hydrogens is 406 g/mol. The first kappa shape index (κ1) is 20.7. The van der Waals surface area contributed by atoms with Crippen molar-refractivity contribution in [1.29, 1.82) is 0 Å². The topological polar surface area (TPSA) is 80.9 Å². The number of aliphatic hydroxyl groups is 1. The minimum Gasteiger partial charge on any atom is -0.496 e. The number of hydrogen-bond donors (Lipinski definition) is 2. The Bertz CT molecular complexity index is 1130. The van der Waals surface area contributed by atoms with Crippen LogP contribution >= 0.6 is 11.6 Å². The summed E-state index contributed by atoms with van der Waals surface area (Å²) < 4.78 is 17.5. The first-order valence-electron chi connectivity index (χ1n) is 9.91. The van der Waals surface area contributed by atoms with E-state index in [1.54, 1.807) is 19.2 Å². The Morgan fingerprint density at radius 1 is 1.20 bits per heavy atom. The van der Waals surface area contributed by atoms with Gasteiger partial charge in [-0.3, -0.25) is 4.79 Å². The molecule has 7 heteroatoms. The van der Waals surface area contributed by atoms with Gasteiger partial charge in [0.15, 0.2) is 5.43 Å². The molecule has 0 aliphatic carbocycles. The van der Waals surface area contributed by atoms with E-state index < -0.39 is 0 Å². The van der Waals surface area contributed by atoms with Crippen LogP contribution in [0.1, 0.15) is 24.3 Å². The molecule has 6 nitrogen and oxygen atoms in total. The highest BCUT2D eigenvalue weighted by Gasteiger charge is 2.34. The summed E-state index contributed by atoms with van der Waals surface area (Å²) in [6, 6.07) is 10.5. The van der Waals surface area contributed by atoms with E-state index >= 15 is 0 Å². The maximum Gasteiger partial charge on any atom is 0.197 e. The fourth-order valence-electron chi connectivity index (χ4n) is 4.33. The zero-order chi connectivity index (χ0) is 21.3. The number of methoxy groups -OCH3 is 2. The molecule has 1 aromatic heterocycles. The number of halogens is 1. The number of hydrogen-bond acceptors (Lipinski definition) is 6. The summed E-state index contributed by atoms with van der Waals surface area (Å²) >= 11 is 6.36. The Kier molecular flexibility index (Phi) is 5.99. The molecule has 2 heterocycles. The van der Waals surface area contributed by atoms with E-state index in [0.29, 0.717) is 45.2 Å². The molecule has 0 radical (unpaired) electrons. The fraction of sp³-hybridized carbons (Fsp3) is 0.348. The van der Waals surface area contributed by atoms with Gasteiger partial charge in [0, 0.05) is 41.8 Å². The van der Waals surface area contributed by atoms with Crippen molar-refractivity contribution in [2.75, 3.05) is 27.4 Å². The first-order chi connectivity index (χ1) is 14.6. The molecule has 4 rings (SSSR count). The molecule has 3 aromatic rings. The quantitative estimate of drug-likeness (QED) is 0.617. The van der Waals surface area contributed by atoms with Crippen molar-refractivity contribution in [1.82, 2.24) is 5.32 Å². The highest BCUT2D eigenvalue weighted by atomic mass is 35.5. The predicted octanol–water partition coefficient (Wildman–Crippen LogP) is 3.96. The second-order valence-corrected chi connectivity index (χ2v) is 7.73. The maximum atomic E-state index is 13.2. The van der Waals surface area contributed by atoms with Crippen molar-refractivity contribution in [2.24, 2.45) is 0 Å². The molecule has 0 bridgehead atoms. The van der Waals surface area contributed by atoms with Crippen LogP contribution in [0.4, 0.5) is 0 Å². The lowest BCUT2D eigenvalue weighted by atomic mass is 9.88. The van der Waals surface area contributed by atoms with Gasteiger partial charge in [-0.25, -0.2) is 0 Å². The van der Waals surface area contributed by atoms with Crippen LogP contribution in [0.15, 0.2) is 45.6 Å². The van der Waals surface area contributed by atoms with Crippen LogP contribution in [0.25, 0.3) is 22.3 Å². The molecule has 2 aromatic carbocycles. The van der Waals surface area contributed by atoms with Crippen LogP contribution in [0, 0.1) is 0 Å². The van der Waals surface area contributed by atoms with Crippen molar-refractivity contribution in [3.05, 3.63) is 57.2 Å². The Balaban J connectivity index is 2.04. The van der Waals surface area contributed by atoms with Crippen LogP contribution in [-0.2, 0) is 0 Å². The summed E-state index contributed by atoms with van der Waals surface area (Å²) in [5.74, 6) is 1.40. The Labute approximate surface area is 179 Å². The molecule has 30 heavy (non-hydrogen) atoms. The molecule has 0 saturated carbocycles. The van der Waals surface area contributed by atoms with Crippen molar-refractivity contribution in [2.45, 2.75) is 24.8 Å². The van der Waals surface area contributed by atoms with Crippen molar-refractivity contribution >= 4 is 22.6 Å². The molecule has 1 saturated heterocycles. The number of aliphatic hydroxyl groups excluding tert-OH is 1. The lowest BCUT2D eigenvalue weighted by Gasteiger charge is -2.23. The van der Waals surface area contributed by atoms with E-state index in [1.165, 1.54) is 13.2 Å². The smallest absolute Gasteiger partial charge is 0.197 e. The van der Waals surface area contributed by atoms with Crippen molar-refractivity contribution < 1.29 is 19.0 Å². The van der Waals surface area contributed by atoms with E-state index in [1.807, 2.05) is 18.2 Å². The summed E-state index contributed by atoms with van der Waals surface area (Å²) in [6.07, 6.45) is 1.43. The largest absolute Gasteiger partial charge is 0.496 e. The highest BCUT2D eigenvalue weighted by molar-refractivity contribution is 6.33. The standard InChI is InChI=1S/C23H24ClNO5/c1-28-19-12-20(29-2)22-17(27)11-18(13-5-3-4-6-15(13)24)30-23(22)21(19)14-7-9-25-16(14)8-10-26/h3-6,11-12,14,16,25-26H,7-10H2,1-2H3. The van der Waals surface area contributed by atoms with E-state index in [9.17, 15) is 9.90 Å². The van der Waals surface area contributed by atoms with Gasteiger partial charge in [0.1, 0.15) is 28.2 Å². The van der Waals surface area contributed by atoms with Crippen LogP contribution in [0.5, 0.6) is 11.5 Å². The van der Waals surface area contributed by atoms with Gasteiger partial charge in [-0.05, 0) is 31.5 Å². The average molecular weight is 430 g/mol. The van der Waals surface area contributed by atoms with Gasteiger partial charge < -0.3 is 24.3 Å². The van der Waals surface area contributed by atoms with Gasteiger partial charge in [0.05, 0.1) is 19.2 Å². The molecule has 2 atom stereocenters. The molecule has 0 spiro atoms. The minimum absolute atomic E-state index is 0.0187. The van der Waals surface area contributed by atoms with E-state index in [4.69, 9.17) is 25.5 Å². The molecule has 2 unspecified atom stereocenters. The van der Waals surface area contributed by atoms with E-state index in [-0.39, 0.29) is 24.0 Å². The molecular formula is C23H24ClNO5. The fourth-order valence-corrected chi connectivity index (χ4v) is 4.56. The minimum atomic E-state index is -0.211. The summed E-state index contributed by atoms with van der Waals surface area (Å²) in [6.45, 7) is 0.875. The summed E-state index contributed by atoms with van der Waals surface area (Å²) in [5.41, 5.74) is 1.67. The normalized spacial score (nSPS) is 18.7. The Morgan fingerprint density at radius 2 is 1.97 bits per heavy atom. The molecule has 2 N–H and O–H groups in total. The zero-order valence-corrected chi connectivity index (χ0v) is 17.7. The number of fused-ring (bicyclic) bond motifs is 1. The molecule has 1 fully saturated rings. The monoisotopic (exact) mass is 429 g/mol. The van der Waals surface area contributed by atoms with Gasteiger partial charge in [-0.15, -0.1) is 0 Å². The third-order valence-electron chi connectivity index (χ3n) is 5.70. The van der Waals surface area contributed by atoms with Crippen molar-refractivity contribution in [3.63, 3.8) is 0 Å². The highest BCUT2D eigenvalue weighted by Crippen LogP contribution is 2.44. The second-order valence-electron chi connectivity index (χ2n) is 7.32. The molecule has 1 aliphatic heterocycles. The van der Waals surface area contributed by atoms with Crippen LogP contribution in [0.3, 0.4) is 0 Å². The van der Waals surface area contributed by atoms with Crippen molar-refractivity contribution in [3.8, 4) is 22.8 Å². The Hall–Kier alpha value is -2.54. The van der Waals surface area contributed by atoms with Gasteiger partial charge >= 0.3 is 0 Å². The molecule has 158 valence electrons. The molecule has 0 amide bonds. The van der Waals surface area contributed by atoms with Crippen LogP contribution in [-0.4, -0.2) is 38.5 Å².